The highest BCUT2D eigenvalue weighted by Crippen LogP contribution is 2.39. The summed E-state index contributed by atoms with van der Waals surface area (Å²) in [4.78, 5) is 29.2. The second-order valence-electron chi connectivity index (χ2n) is 10.6. The molecule has 1 aromatic rings. The number of nitrogens with zero attached hydrogens (tertiary/aromatic N) is 2. The van der Waals surface area contributed by atoms with Gasteiger partial charge in [0.25, 0.3) is 0 Å². The summed E-state index contributed by atoms with van der Waals surface area (Å²) in [6.07, 6.45) is 6.12. The van der Waals surface area contributed by atoms with E-state index >= 15 is 0 Å². The normalized spacial score (nSPS) is 24.5. The van der Waals surface area contributed by atoms with Crippen LogP contribution in [0.25, 0.3) is 0 Å². The first-order valence-electron chi connectivity index (χ1n) is 13.8. The SMILES string of the molecule is CCC(C)CC.CCC(CNC)C1CCC2C(C1)N(C(=O)Oc1ccc(F)cc1)CC(C)N2C(C)=O. The average molecular weight is 506 g/mol. The number of ether oxygens (including phenoxy) is 1. The molecule has 1 saturated carbocycles. The van der Waals surface area contributed by atoms with Crippen LogP contribution in [0.2, 0.25) is 0 Å². The number of carbonyl (C=O) groups is 2. The molecule has 36 heavy (non-hydrogen) atoms. The summed E-state index contributed by atoms with van der Waals surface area (Å²) in [6, 6.07) is 5.36. The first-order valence-corrected chi connectivity index (χ1v) is 13.8. The third-order valence-corrected chi connectivity index (χ3v) is 8.18. The van der Waals surface area contributed by atoms with Crippen molar-refractivity contribution in [2.75, 3.05) is 20.1 Å². The fourth-order valence-corrected chi connectivity index (χ4v) is 5.70. The molecule has 5 unspecified atom stereocenters. The van der Waals surface area contributed by atoms with Gasteiger partial charge in [-0.3, -0.25) is 4.79 Å². The van der Waals surface area contributed by atoms with Gasteiger partial charge in [-0.05, 0) is 81.8 Å². The van der Waals surface area contributed by atoms with E-state index in [-0.39, 0.29) is 29.8 Å². The van der Waals surface area contributed by atoms with Crippen LogP contribution in [-0.2, 0) is 4.79 Å². The molecule has 5 atom stereocenters. The lowest BCUT2D eigenvalue weighted by Crippen LogP contribution is -2.67. The first kappa shape index (κ1) is 30.1. The van der Waals surface area contributed by atoms with E-state index in [0.29, 0.717) is 24.1 Å². The Morgan fingerprint density at radius 2 is 1.72 bits per heavy atom. The van der Waals surface area contributed by atoms with Crippen LogP contribution in [0, 0.1) is 23.6 Å². The lowest BCUT2D eigenvalue weighted by molar-refractivity contribution is -0.142. The molecule has 0 aromatic heterocycles. The van der Waals surface area contributed by atoms with E-state index in [0.717, 1.165) is 38.1 Å². The van der Waals surface area contributed by atoms with E-state index < -0.39 is 6.09 Å². The molecule has 2 aliphatic rings. The molecule has 2 amide bonds. The van der Waals surface area contributed by atoms with Gasteiger partial charge < -0.3 is 19.9 Å². The number of hydrogen-bond donors (Lipinski definition) is 1. The summed E-state index contributed by atoms with van der Waals surface area (Å²) in [5.74, 6) is 1.98. The van der Waals surface area contributed by atoms with Crippen molar-refractivity contribution >= 4 is 12.0 Å². The van der Waals surface area contributed by atoms with Crippen molar-refractivity contribution in [3.05, 3.63) is 30.1 Å². The summed E-state index contributed by atoms with van der Waals surface area (Å²) in [7, 11) is 1.97. The highest BCUT2D eigenvalue weighted by molar-refractivity contribution is 5.76. The Balaban J connectivity index is 0.000000678. The van der Waals surface area contributed by atoms with Gasteiger partial charge in [0.2, 0.25) is 5.91 Å². The van der Waals surface area contributed by atoms with E-state index in [4.69, 9.17) is 4.74 Å². The van der Waals surface area contributed by atoms with E-state index in [2.05, 4.69) is 33.0 Å². The summed E-state index contributed by atoms with van der Waals surface area (Å²) in [6.45, 7) is 13.9. The van der Waals surface area contributed by atoms with Gasteiger partial charge in [0, 0.05) is 19.5 Å². The molecule has 0 spiro atoms. The molecule has 0 bridgehead atoms. The Morgan fingerprint density at radius 1 is 1.08 bits per heavy atom. The van der Waals surface area contributed by atoms with Crippen molar-refractivity contribution < 1.29 is 18.7 Å². The monoisotopic (exact) mass is 505 g/mol. The third-order valence-electron chi connectivity index (χ3n) is 8.18. The van der Waals surface area contributed by atoms with Crippen molar-refractivity contribution in [3.63, 3.8) is 0 Å². The van der Waals surface area contributed by atoms with Crippen LogP contribution in [-0.4, -0.2) is 60.1 Å². The van der Waals surface area contributed by atoms with Crippen LogP contribution >= 0.6 is 0 Å². The average Bonchev–Trinajstić information content (AvgIpc) is 2.87. The quantitative estimate of drug-likeness (QED) is 0.486. The van der Waals surface area contributed by atoms with Crippen molar-refractivity contribution in [1.82, 2.24) is 15.1 Å². The fraction of sp³-hybridized carbons (Fsp3) is 0.724. The molecule has 1 aromatic carbocycles. The standard InChI is InChI=1S/C23H34FN3O3.C6H14/c1-5-17(13-25-4)18-6-11-21-22(12-18)26(14-15(2)27(21)16(3)28)23(29)30-20-9-7-19(24)8-10-20;1-4-6(3)5-2/h7-10,15,17-18,21-22,25H,5-6,11-14H2,1-4H3;6H,4-5H2,1-3H3. The number of benzene rings is 1. The molecule has 1 aliphatic carbocycles. The number of piperazine rings is 1. The number of hydrogen-bond acceptors (Lipinski definition) is 4. The molecule has 7 heteroatoms. The minimum atomic E-state index is -0.422. The number of halogens is 1. The lowest BCUT2D eigenvalue weighted by Gasteiger charge is -2.54. The number of fused-ring (bicyclic) bond motifs is 1. The summed E-state index contributed by atoms with van der Waals surface area (Å²) in [5, 5.41) is 3.29. The maximum absolute atomic E-state index is 13.2. The maximum Gasteiger partial charge on any atom is 0.415 e. The molecule has 2 fully saturated rings. The van der Waals surface area contributed by atoms with Crippen LogP contribution < -0.4 is 10.1 Å². The second kappa shape index (κ2) is 14.6. The van der Waals surface area contributed by atoms with Gasteiger partial charge in [-0.2, -0.15) is 0 Å². The predicted molar refractivity (Wildman–Crippen MR) is 143 cm³/mol. The Morgan fingerprint density at radius 3 is 2.22 bits per heavy atom. The van der Waals surface area contributed by atoms with Gasteiger partial charge in [0.15, 0.2) is 0 Å². The highest BCUT2D eigenvalue weighted by atomic mass is 19.1. The predicted octanol–water partition coefficient (Wildman–Crippen LogP) is 6.10. The van der Waals surface area contributed by atoms with Gasteiger partial charge in [-0.25, -0.2) is 9.18 Å². The summed E-state index contributed by atoms with van der Waals surface area (Å²) < 4.78 is 18.8. The molecular weight excluding hydrogens is 457 g/mol. The van der Waals surface area contributed by atoms with Gasteiger partial charge >= 0.3 is 6.09 Å². The number of rotatable bonds is 7. The van der Waals surface area contributed by atoms with Crippen molar-refractivity contribution in [2.24, 2.45) is 17.8 Å². The molecule has 0 radical (unpaired) electrons. The Kier molecular flexibility index (Phi) is 12.2. The van der Waals surface area contributed by atoms with E-state index in [9.17, 15) is 14.0 Å². The van der Waals surface area contributed by atoms with Gasteiger partial charge in [-0.15, -0.1) is 0 Å². The summed E-state index contributed by atoms with van der Waals surface area (Å²) >= 11 is 0. The fourth-order valence-electron chi connectivity index (χ4n) is 5.70. The zero-order chi connectivity index (χ0) is 26.8. The lowest BCUT2D eigenvalue weighted by atomic mass is 9.72. The smallest absolute Gasteiger partial charge is 0.410 e. The van der Waals surface area contributed by atoms with E-state index in [1.54, 1.807) is 11.8 Å². The largest absolute Gasteiger partial charge is 0.415 e. The first-order chi connectivity index (χ1) is 17.2. The van der Waals surface area contributed by atoms with Crippen molar-refractivity contribution in [2.45, 2.75) is 98.2 Å². The topological polar surface area (TPSA) is 61.9 Å². The van der Waals surface area contributed by atoms with Crippen LogP contribution in [0.4, 0.5) is 9.18 Å². The Hall–Kier alpha value is -2.15. The molecule has 6 nitrogen and oxygen atoms in total. The zero-order valence-corrected chi connectivity index (χ0v) is 23.4. The van der Waals surface area contributed by atoms with Crippen molar-refractivity contribution in [3.8, 4) is 5.75 Å². The van der Waals surface area contributed by atoms with Gasteiger partial charge in [0.1, 0.15) is 11.6 Å². The molecule has 204 valence electrons. The maximum atomic E-state index is 13.2. The van der Waals surface area contributed by atoms with Crippen LogP contribution in [0.3, 0.4) is 0 Å². The van der Waals surface area contributed by atoms with Crippen LogP contribution in [0.5, 0.6) is 5.75 Å². The number of carbonyl (C=O) groups excluding carboxylic acids is 2. The third kappa shape index (κ3) is 7.92. The summed E-state index contributed by atoms with van der Waals surface area (Å²) in [5.41, 5.74) is 0. The molecule has 3 rings (SSSR count). The minimum absolute atomic E-state index is 0.00959. The van der Waals surface area contributed by atoms with Crippen LogP contribution in [0.1, 0.15) is 80.1 Å². The molecule has 1 saturated heterocycles. The van der Waals surface area contributed by atoms with Gasteiger partial charge in [-0.1, -0.05) is 47.0 Å². The van der Waals surface area contributed by atoms with Crippen LogP contribution in [0.15, 0.2) is 24.3 Å². The Bertz CT molecular complexity index is 814. The van der Waals surface area contributed by atoms with E-state index in [1.165, 1.54) is 37.1 Å². The Labute approximate surface area is 217 Å². The highest BCUT2D eigenvalue weighted by Gasteiger charge is 2.47. The zero-order valence-electron chi connectivity index (χ0n) is 23.4. The molecule has 1 heterocycles. The second-order valence-corrected chi connectivity index (χ2v) is 10.6. The number of nitrogens with one attached hydrogen (secondary N) is 1. The van der Waals surface area contributed by atoms with Crippen molar-refractivity contribution in [1.29, 1.82) is 0 Å². The molecular formula is C29H48FN3O3. The number of amides is 2. The minimum Gasteiger partial charge on any atom is -0.410 e. The molecule has 1 N–H and O–H groups in total. The molecule has 1 aliphatic heterocycles. The van der Waals surface area contributed by atoms with Gasteiger partial charge in [0.05, 0.1) is 12.1 Å². The van der Waals surface area contributed by atoms with E-state index in [1.807, 2.05) is 18.9 Å².